The Labute approximate surface area is 117 Å². The smallest absolute Gasteiger partial charge is 0.124 e. The van der Waals surface area contributed by atoms with Crippen molar-refractivity contribution < 1.29 is 4.74 Å². The van der Waals surface area contributed by atoms with Gasteiger partial charge in [-0.1, -0.05) is 17.7 Å². The van der Waals surface area contributed by atoms with Crippen LogP contribution in [0.5, 0.6) is 5.75 Å². The Hall–Kier alpha value is -1.02. The topological polar surface area (TPSA) is 21.3 Å². The number of aryl methyl sites for hydroxylation is 2. The highest BCUT2D eigenvalue weighted by atomic mass is 16.5. The van der Waals surface area contributed by atoms with E-state index in [1.807, 2.05) is 0 Å². The van der Waals surface area contributed by atoms with Gasteiger partial charge in [-0.2, -0.15) is 0 Å². The first-order valence-electron chi connectivity index (χ1n) is 7.45. The molecule has 0 aromatic heterocycles. The van der Waals surface area contributed by atoms with Gasteiger partial charge in [0.05, 0.1) is 7.11 Å². The van der Waals surface area contributed by atoms with Gasteiger partial charge in [0.15, 0.2) is 0 Å². The van der Waals surface area contributed by atoms with Crippen molar-refractivity contribution in [2.24, 2.45) is 5.92 Å². The summed E-state index contributed by atoms with van der Waals surface area (Å²) in [7, 11) is 3.87. The molecule has 1 fully saturated rings. The number of hydrogen-bond donors (Lipinski definition) is 1. The van der Waals surface area contributed by atoms with Crippen LogP contribution < -0.4 is 10.1 Å². The van der Waals surface area contributed by atoms with Gasteiger partial charge in [-0.15, -0.1) is 0 Å². The van der Waals surface area contributed by atoms with Crippen molar-refractivity contribution in [1.29, 1.82) is 0 Å². The molecule has 1 aliphatic carbocycles. The fourth-order valence-electron chi connectivity index (χ4n) is 3.45. The summed E-state index contributed by atoms with van der Waals surface area (Å²) >= 11 is 0. The van der Waals surface area contributed by atoms with Crippen molar-refractivity contribution in [2.75, 3.05) is 14.2 Å². The maximum Gasteiger partial charge on any atom is 0.124 e. The summed E-state index contributed by atoms with van der Waals surface area (Å²) in [5.41, 5.74) is 4.01. The predicted molar refractivity (Wildman–Crippen MR) is 81.0 cm³/mol. The van der Waals surface area contributed by atoms with Crippen LogP contribution in [0.15, 0.2) is 12.1 Å². The standard InChI is InChI=1S/C17H27NO/c1-12-9-13(2)17(19-4)15(10-12)11-14-5-7-16(18-3)8-6-14/h9-10,14,16,18H,5-8,11H2,1-4H3. The van der Waals surface area contributed by atoms with Gasteiger partial charge in [0.2, 0.25) is 0 Å². The summed E-state index contributed by atoms with van der Waals surface area (Å²) in [5.74, 6) is 1.92. The molecule has 2 rings (SSSR count). The molecule has 0 spiro atoms. The molecule has 2 heteroatoms. The van der Waals surface area contributed by atoms with Crippen molar-refractivity contribution >= 4 is 0 Å². The molecule has 0 heterocycles. The molecule has 0 saturated heterocycles. The third kappa shape index (κ3) is 3.50. The summed E-state index contributed by atoms with van der Waals surface area (Å²) in [5, 5.41) is 3.40. The molecule has 1 aromatic rings. The maximum atomic E-state index is 5.60. The quantitative estimate of drug-likeness (QED) is 0.893. The molecule has 2 nitrogen and oxygen atoms in total. The van der Waals surface area contributed by atoms with Crippen LogP contribution in [-0.2, 0) is 6.42 Å². The van der Waals surface area contributed by atoms with Gasteiger partial charge in [-0.3, -0.25) is 0 Å². The van der Waals surface area contributed by atoms with Crippen LogP contribution in [0.2, 0.25) is 0 Å². The molecule has 19 heavy (non-hydrogen) atoms. The van der Waals surface area contributed by atoms with Crippen LogP contribution in [0, 0.1) is 19.8 Å². The van der Waals surface area contributed by atoms with E-state index in [0.717, 1.165) is 17.7 Å². The second-order valence-electron chi connectivity index (χ2n) is 5.98. The number of methoxy groups -OCH3 is 1. The fourth-order valence-corrected chi connectivity index (χ4v) is 3.45. The van der Waals surface area contributed by atoms with Gasteiger partial charge in [0.1, 0.15) is 5.75 Å². The van der Waals surface area contributed by atoms with Crippen LogP contribution >= 0.6 is 0 Å². The number of hydrogen-bond acceptors (Lipinski definition) is 2. The zero-order valence-corrected chi connectivity index (χ0v) is 12.8. The van der Waals surface area contributed by atoms with Gasteiger partial charge in [-0.25, -0.2) is 0 Å². The van der Waals surface area contributed by atoms with Crippen LogP contribution in [0.3, 0.4) is 0 Å². The Kier molecular flexibility index (Phi) is 4.87. The van der Waals surface area contributed by atoms with Crippen molar-refractivity contribution in [3.05, 3.63) is 28.8 Å². The lowest BCUT2D eigenvalue weighted by molar-refractivity contribution is 0.297. The molecule has 1 N–H and O–H groups in total. The Balaban J connectivity index is 2.07. The monoisotopic (exact) mass is 261 g/mol. The first-order chi connectivity index (χ1) is 9.13. The van der Waals surface area contributed by atoms with Gasteiger partial charge < -0.3 is 10.1 Å². The van der Waals surface area contributed by atoms with Gasteiger partial charge >= 0.3 is 0 Å². The van der Waals surface area contributed by atoms with Crippen molar-refractivity contribution in [3.63, 3.8) is 0 Å². The van der Waals surface area contributed by atoms with E-state index in [9.17, 15) is 0 Å². The lowest BCUT2D eigenvalue weighted by Gasteiger charge is -2.28. The summed E-state index contributed by atoms with van der Waals surface area (Å²) in [6.07, 6.45) is 6.47. The third-order valence-corrected chi connectivity index (χ3v) is 4.46. The highest BCUT2D eigenvalue weighted by molar-refractivity contribution is 5.44. The summed E-state index contributed by atoms with van der Waals surface area (Å²) < 4.78 is 5.60. The van der Waals surface area contributed by atoms with Crippen LogP contribution in [0.4, 0.5) is 0 Å². The highest BCUT2D eigenvalue weighted by Gasteiger charge is 2.21. The van der Waals surface area contributed by atoms with E-state index in [2.05, 4.69) is 38.3 Å². The van der Waals surface area contributed by atoms with E-state index in [1.54, 1.807) is 7.11 Å². The summed E-state index contributed by atoms with van der Waals surface area (Å²) in [6, 6.07) is 5.24. The van der Waals surface area contributed by atoms with E-state index in [-0.39, 0.29) is 0 Å². The molecule has 0 unspecified atom stereocenters. The number of benzene rings is 1. The maximum absolute atomic E-state index is 5.60. The van der Waals surface area contributed by atoms with E-state index >= 15 is 0 Å². The summed E-state index contributed by atoms with van der Waals surface area (Å²) in [6.45, 7) is 4.32. The van der Waals surface area contributed by atoms with Crippen LogP contribution in [0.1, 0.15) is 42.4 Å². The molecule has 0 aliphatic heterocycles. The van der Waals surface area contributed by atoms with Crippen molar-refractivity contribution in [1.82, 2.24) is 5.32 Å². The van der Waals surface area contributed by atoms with Gasteiger partial charge in [-0.05, 0) is 70.0 Å². The second-order valence-corrected chi connectivity index (χ2v) is 5.98. The normalized spacial score (nSPS) is 23.4. The molecule has 1 aliphatic rings. The van der Waals surface area contributed by atoms with E-state index < -0.39 is 0 Å². The van der Waals surface area contributed by atoms with Crippen LogP contribution in [0.25, 0.3) is 0 Å². The predicted octanol–water partition coefficient (Wildman–Crippen LogP) is 3.63. The lowest BCUT2D eigenvalue weighted by atomic mass is 9.82. The van der Waals surface area contributed by atoms with Gasteiger partial charge in [0, 0.05) is 6.04 Å². The number of nitrogens with one attached hydrogen (secondary N) is 1. The second kappa shape index (κ2) is 6.42. The minimum Gasteiger partial charge on any atom is -0.496 e. The minimum absolute atomic E-state index is 0.734. The zero-order valence-electron chi connectivity index (χ0n) is 12.8. The first kappa shape index (κ1) is 14.4. The highest BCUT2D eigenvalue weighted by Crippen LogP contribution is 2.32. The minimum atomic E-state index is 0.734. The number of rotatable bonds is 4. The van der Waals surface area contributed by atoms with Crippen LogP contribution in [-0.4, -0.2) is 20.2 Å². The largest absolute Gasteiger partial charge is 0.496 e. The molecular weight excluding hydrogens is 234 g/mol. The molecule has 0 amide bonds. The zero-order chi connectivity index (χ0) is 13.8. The Bertz CT molecular complexity index is 420. The fraction of sp³-hybridized carbons (Fsp3) is 0.647. The van der Waals surface area contributed by atoms with Crippen molar-refractivity contribution in [3.8, 4) is 5.75 Å². The average Bonchev–Trinajstić information content (AvgIpc) is 2.39. The van der Waals surface area contributed by atoms with E-state index in [1.165, 1.54) is 48.8 Å². The lowest BCUT2D eigenvalue weighted by Crippen LogP contribution is -2.30. The first-order valence-corrected chi connectivity index (χ1v) is 7.45. The molecule has 1 aromatic carbocycles. The molecule has 0 atom stereocenters. The number of ether oxygens (including phenoxy) is 1. The Morgan fingerprint density at radius 3 is 2.42 bits per heavy atom. The Morgan fingerprint density at radius 2 is 1.84 bits per heavy atom. The van der Waals surface area contributed by atoms with E-state index in [0.29, 0.717) is 0 Å². The average molecular weight is 261 g/mol. The van der Waals surface area contributed by atoms with Crippen molar-refractivity contribution in [2.45, 2.75) is 52.0 Å². The van der Waals surface area contributed by atoms with E-state index in [4.69, 9.17) is 4.74 Å². The summed E-state index contributed by atoms with van der Waals surface area (Å²) in [4.78, 5) is 0. The van der Waals surface area contributed by atoms with Gasteiger partial charge in [0.25, 0.3) is 0 Å². The molecule has 1 saturated carbocycles. The Morgan fingerprint density at radius 1 is 1.16 bits per heavy atom. The molecule has 0 radical (unpaired) electrons. The molecule has 0 bridgehead atoms. The SMILES string of the molecule is CNC1CCC(Cc2cc(C)cc(C)c2OC)CC1. The molecular formula is C17H27NO. The third-order valence-electron chi connectivity index (χ3n) is 4.46. The molecule has 106 valence electrons.